The Hall–Kier alpha value is -1.01. The van der Waals surface area contributed by atoms with E-state index >= 15 is 0 Å². The number of likely N-dealkylation sites (N-methyl/N-ethyl adjacent to an activating group) is 1. The van der Waals surface area contributed by atoms with Crippen molar-refractivity contribution in [1.82, 2.24) is 14.7 Å². The van der Waals surface area contributed by atoms with E-state index in [-0.39, 0.29) is 6.04 Å². The van der Waals surface area contributed by atoms with Gasteiger partial charge in [-0.1, -0.05) is 0 Å². The van der Waals surface area contributed by atoms with E-state index in [1.807, 2.05) is 18.9 Å². The molecule has 1 aromatic rings. The van der Waals surface area contributed by atoms with Crippen molar-refractivity contribution >= 4 is 0 Å². The lowest BCUT2D eigenvalue weighted by Crippen LogP contribution is -2.34. The molecule has 6 heteroatoms. The van der Waals surface area contributed by atoms with Crippen LogP contribution in [0, 0.1) is 0 Å². The summed E-state index contributed by atoms with van der Waals surface area (Å²) in [6.07, 6.45) is 1.28. The summed E-state index contributed by atoms with van der Waals surface area (Å²) in [5.74, 6) is 0. The Kier molecular flexibility index (Phi) is 4.16. The van der Waals surface area contributed by atoms with Crippen LogP contribution in [0.15, 0.2) is 12.3 Å². The fourth-order valence-electron chi connectivity index (χ4n) is 1.16. The van der Waals surface area contributed by atoms with E-state index in [9.17, 15) is 8.78 Å². The minimum absolute atomic E-state index is 0.210. The third kappa shape index (κ3) is 3.24. The molecule has 0 radical (unpaired) electrons. The lowest BCUT2D eigenvalue weighted by Gasteiger charge is -2.21. The summed E-state index contributed by atoms with van der Waals surface area (Å²) in [6, 6.07) is 1.80. The molecule has 4 nitrogen and oxygen atoms in total. The van der Waals surface area contributed by atoms with Gasteiger partial charge in [0.25, 0.3) is 0 Å². The molecule has 0 bridgehead atoms. The van der Waals surface area contributed by atoms with Crippen LogP contribution < -0.4 is 5.73 Å². The maximum atomic E-state index is 12.2. The van der Waals surface area contributed by atoms with Crippen LogP contribution in [0.4, 0.5) is 8.78 Å². The smallest absolute Gasteiger partial charge is 0.329 e. The number of halogens is 2. The summed E-state index contributed by atoms with van der Waals surface area (Å²) in [7, 11) is 1.89. The molecule has 1 atom stereocenters. The Morgan fingerprint density at radius 3 is 2.73 bits per heavy atom. The Labute approximate surface area is 87.7 Å². The van der Waals surface area contributed by atoms with E-state index in [1.165, 1.54) is 6.20 Å². The summed E-state index contributed by atoms with van der Waals surface area (Å²) in [5.41, 5.74) is 6.12. The number of alkyl halides is 2. The van der Waals surface area contributed by atoms with Gasteiger partial charge in [-0.25, -0.2) is 4.68 Å². The molecule has 86 valence electrons. The van der Waals surface area contributed by atoms with Crippen molar-refractivity contribution < 1.29 is 8.78 Å². The van der Waals surface area contributed by atoms with Gasteiger partial charge < -0.3 is 5.73 Å². The molecule has 0 aliphatic heterocycles. The molecule has 15 heavy (non-hydrogen) atoms. The first-order valence-electron chi connectivity index (χ1n) is 4.77. The highest BCUT2D eigenvalue weighted by Gasteiger charge is 2.11. The lowest BCUT2D eigenvalue weighted by atomic mass is 10.3. The van der Waals surface area contributed by atoms with Gasteiger partial charge in [0.15, 0.2) is 0 Å². The van der Waals surface area contributed by atoms with Crippen LogP contribution in [0.2, 0.25) is 0 Å². The van der Waals surface area contributed by atoms with Crippen LogP contribution in [-0.4, -0.2) is 34.3 Å². The summed E-state index contributed by atoms with van der Waals surface area (Å²) in [5, 5.41) is 3.75. The fraction of sp³-hybridized carbons (Fsp3) is 0.667. The minimum Gasteiger partial charge on any atom is -0.329 e. The van der Waals surface area contributed by atoms with Gasteiger partial charge in [-0.15, -0.1) is 0 Å². The second-order valence-electron chi connectivity index (χ2n) is 3.56. The molecule has 0 aliphatic carbocycles. The van der Waals surface area contributed by atoms with Crippen molar-refractivity contribution in [2.75, 3.05) is 13.6 Å². The largest absolute Gasteiger partial charge is 0.333 e. The summed E-state index contributed by atoms with van der Waals surface area (Å²) in [6.45, 7) is 0.463. The van der Waals surface area contributed by atoms with Crippen LogP contribution in [0.3, 0.4) is 0 Å². The van der Waals surface area contributed by atoms with Gasteiger partial charge in [0, 0.05) is 25.3 Å². The SMILES string of the molecule is CC(CN)N(C)Cc1ccn(C(F)F)n1. The third-order valence-electron chi connectivity index (χ3n) is 2.37. The van der Waals surface area contributed by atoms with Crippen molar-refractivity contribution in [2.24, 2.45) is 5.73 Å². The lowest BCUT2D eigenvalue weighted by molar-refractivity contribution is 0.0558. The van der Waals surface area contributed by atoms with E-state index in [4.69, 9.17) is 5.73 Å². The average Bonchev–Trinajstić information content (AvgIpc) is 2.65. The molecular weight excluding hydrogens is 202 g/mol. The van der Waals surface area contributed by atoms with E-state index in [0.717, 1.165) is 0 Å². The Bertz CT molecular complexity index is 300. The summed E-state index contributed by atoms with van der Waals surface area (Å²) in [4.78, 5) is 1.97. The van der Waals surface area contributed by atoms with Crippen molar-refractivity contribution in [3.05, 3.63) is 18.0 Å². The third-order valence-corrected chi connectivity index (χ3v) is 2.37. The summed E-state index contributed by atoms with van der Waals surface area (Å²) < 4.78 is 25.1. The second-order valence-corrected chi connectivity index (χ2v) is 3.56. The first kappa shape index (κ1) is 12.1. The van der Waals surface area contributed by atoms with Gasteiger partial charge in [-0.05, 0) is 20.0 Å². The molecule has 1 aromatic heterocycles. The number of rotatable bonds is 5. The van der Waals surface area contributed by atoms with Gasteiger partial charge in [-0.2, -0.15) is 13.9 Å². The highest BCUT2D eigenvalue weighted by molar-refractivity contribution is 4.99. The molecule has 0 fully saturated rings. The molecular formula is C9H16F2N4. The van der Waals surface area contributed by atoms with Crippen LogP contribution >= 0.6 is 0 Å². The maximum absolute atomic E-state index is 12.2. The predicted molar refractivity (Wildman–Crippen MR) is 53.5 cm³/mol. The highest BCUT2D eigenvalue weighted by atomic mass is 19.3. The van der Waals surface area contributed by atoms with Crippen molar-refractivity contribution in [2.45, 2.75) is 26.1 Å². The van der Waals surface area contributed by atoms with Crippen molar-refractivity contribution in [1.29, 1.82) is 0 Å². The van der Waals surface area contributed by atoms with Crippen LogP contribution in [0.5, 0.6) is 0 Å². The number of aromatic nitrogens is 2. The summed E-state index contributed by atoms with van der Waals surface area (Å²) >= 11 is 0. The molecule has 2 N–H and O–H groups in total. The van der Waals surface area contributed by atoms with Gasteiger partial charge >= 0.3 is 6.55 Å². The van der Waals surface area contributed by atoms with Gasteiger partial charge in [0.2, 0.25) is 0 Å². The highest BCUT2D eigenvalue weighted by Crippen LogP contribution is 2.10. The minimum atomic E-state index is -2.57. The van der Waals surface area contributed by atoms with E-state index in [2.05, 4.69) is 5.10 Å². The van der Waals surface area contributed by atoms with E-state index < -0.39 is 6.55 Å². The fourth-order valence-corrected chi connectivity index (χ4v) is 1.16. The molecule has 0 saturated carbocycles. The van der Waals surface area contributed by atoms with Crippen LogP contribution in [0.25, 0.3) is 0 Å². The van der Waals surface area contributed by atoms with Gasteiger partial charge in [0.05, 0.1) is 5.69 Å². The number of hydrogen-bond donors (Lipinski definition) is 1. The van der Waals surface area contributed by atoms with E-state index in [1.54, 1.807) is 6.07 Å². The Balaban J connectivity index is 2.57. The van der Waals surface area contributed by atoms with Crippen LogP contribution in [0.1, 0.15) is 19.2 Å². The van der Waals surface area contributed by atoms with E-state index in [0.29, 0.717) is 23.5 Å². The van der Waals surface area contributed by atoms with Crippen molar-refractivity contribution in [3.8, 4) is 0 Å². The number of nitrogens with zero attached hydrogens (tertiary/aromatic N) is 3. The predicted octanol–water partition coefficient (Wildman–Crippen LogP) is 1.06. The van der Waals surface area contributed by atoms with Crippen molar-refractivity contribution in [3.63, 3.8) is 0 Å². The molecule has 0 amide bonds. The zero-order valence-electron chi connectivity index (χ0n) is 8.90. The number of hydrogen-bond acceptors (Lipinski definition) is 3. The monoisotopic (exact) mass is 218 g/mol. The standard InChI is InChI=1S/C9H16F2N4/c1-7(5-12)14(2)6-8-3-4-15(13-8)9(10)11/h3-4,7,9H,5-6,12H2,1-2H3. The maximum Gasteiger partial charge on any atom is 0.333 e. The molecule has 0 saturated heterocycles. The molecule has 0 aliphatic rings. The molecule has 0 spiro atoms. The van der Waals surface area contributed by atoms with Crippen LogP contribution in [-0.2, 0) is 6.54 Å². The zero-order valence-corrected chi connectivity index (χ0v) is 8.90. The number of nitrogens with two attached hydrogens (primary N) is 1. The first-order valence-corrected chi connectivity index (χ1v) is 4.77. The van der Waals surface area contributed by atoms with Gasteiger partial charge in [0.1, 0.15) is 0 Å². The van der Waals surface area contributed by atoms with Gasteiger partial charge in [-0.3, -0.25) is 4.90 Å². The topological polar surface area (TPSA) is 47.1 Å². The molecule has 1 rings (SSSR count). The molecule has 1 unspecified atom stereocenters. The quantitative estimate of drug-likeness (QED) is 0.803. The normalized spacial score (nSPS) is 13.8. The Morgan fingerprint density at radius 2 is 2.27 bits per heavy atom. The Morgan fingerprint density at radius 1 is 1.60 bits per heavy atom. The molecule has 0 aromatic carbocycles. The first-order chi connectivity index (χ1) is 7.04. The molecule has 1 heterocycles. The second kappa shape index (κ2) is 5.18. The average molecular weight is 218 g/mol. The zero-order chi connectivity index (χ0) is 11.4.